The quantitative estimate of drug-likeness (QED) is 0.313. The molecule has 2 aromatic rings. The largest absolute Gasteiger partial charge is 0.488 e. The molecule has 0 unspecified atom stereocenters. The van der Waals surface area contributed by atoms with Crippen LogP contribution in [0.2, 0.25) is 0 Å². The van der Waals surface area contributed by atoms with Gasteiger partial charge in [-0.3, -0.25) is 0 Å². The molecule has 2 N–H and O–H groups in total. The van der Waals surface area contributed by atoms with E-state index in [2.05, 4.69) is 10.2 Å². The van der Waals surface area contributed by atoms with Gasteiger partial charge in [-0.2, -0.15) is 5.10 Å². The summed E-state index contributed by atoms with van der Waals surface area (Å²) in [6.07, 6.45) is 2.87. The van der Waals surface area contributed by atoms with Crippen molar-refractivity contribution in [3.63, 3.8) is 0 Å². The summed E-state index contributed by atoms with van der Waals surface area (Å²) in [6.45, 7) is 2.25. The van der Waals surface area contributed by atoms with Crippen molar-refractivity contribution in [1.29, 1.82) is 0 Å². The average Bonchev–Trinajstić information content (AvgIpc) is 2.63. The standard InChI is InChI=1S/C19H21F2N3OS/c1-2-3-9-25-18-16(20)10-15(11-17(18)21)12-23-24-19(22)26-13-14-7-5-4-6-8-14/h4-8,10-12H,2-3,9,13H2,1H3,(H2,22,24). The van der Waals surface area contributed by atoms with Crippen molar-refractivity contribution in [3.8, 4) is 5.75 Å². The van der Waals surface area contributed by atoms with Gasteiger partial charge in [-0.1, -0.05) is 55.4 Å². The number of unbranched alkanes of at least 4 members (excludes halogenated alkanes) is 1. The van der Waals surface area contributed by atoms with Crippen LogP contribution in [0, 0.1) is 11.6 Å². The zero-order chi connectivity index (χ0) is 18.8. The zero-order valence-electron chi connectivity index (χ0n) is 14.5. The third kappa shape index (κ3) is 6.48. The highest BCUT2D eigenvalue weighted by molar-refractivity contribution is 8.13. The molecule has 0 aromatic heterocycles. The fourth-order valence-electron chi connectivity index (χ4n) is 2.02. The minimum atomic E-state index is -0.766. The Balaban J connectivity index is 1.94. The third-order valence-corrected chi connectivity index (χ3v) is 4.21. The number of benzene rings is 2. The highest BCUT2D eigenvalue weighted by Crippen LogP contribution is 2.23. The lowest BCUT2D eigenvalue weighted by Crippen LogP contribution is -2.06. The van der Waals surface area contributed by atoms with Crippen molar-refractivity contribution in [1.82, 2.24) is 0 Å². The average molecular weight is 377 g/mol. The van der Waals surface area contributed by atoms with Gasteiger partial charge >= 0.3 is 0 Å². The van der Waals surface area contributed by atoms with Crippen LogP contribution in [0.25, 0.3) is 0 Å². The van der Waals surface area contributed by atoms with Gasteiger partial charge in [-0.15, -0.1) is 5.10 Å². The molecular weight excluding hydrogens is 356 g/mol. The van der Waals surface area contributed by atoms with Gasteiger partial charge < -0.3 is 10.5 Å². The van der Waals surface area contributed by atoms with E-state index >= 15 is 0 Å². The molecule has 2 rings (SSSR count). The third-order valence-electron chi connectivity index (χ3n) is 3.36. The minimum Gasteiger partial charge on any atom is -0.488 e. The molecule has 0 fully saturated rings. The Labute approximate surface area is 156 Å². The lowest BCUT2D eigenvalue weighted by Gasteiger charge is -2.08. The second-order valence-electron chi connectivity index (χ2n) is 5.47. The molecule has 0 radical (unpaired) electrons. The number of nitrogens with zero attached hydrogens (tertiary/aromatic N) is 2. The molecule has 138 valence electrons. The van der Waals surface area contributed by atoms with E-state index in [-0.39, 0.29) is 23.1 Å². The number of ether oxygens (including phenoxy) is 1. The van der Waals surface area contributed by atoms with E-state index in [9.17, 15) is 8.78 Å². The fourth-order valence-corrected chi connectivity index (χ4v) is 2.64. The summed E-state index contributed by atoms with van der Waals surface area (Å²) in [7, 11) is 0. The fraction of sp³-hybridized carbons (Fsp3) is 0.263. The van der Waals surface area contributed by atoms with Gasteiger partial charge in [-0.05, 0) is 24.1 Å². The maximum Gasteiger partial charge on any atom is 0.190 e. The Morgan fingerprint density at radius 2 is 1.88 bits per heavy atom. The maximum atomic E-state index is 13.9. The molecule has 0 aliphatic rings. The number of hydrogen-bond acceptors (Lipinski definition) is 4. The smallest absolute Gasteiger partial charge is 0.190 e. The highest BCUT2D eigenvalue weighted by atomic mass is 32.2. The van der Waals surface area contributed by atoms with Gasteiger partial charge in [0.15, 0.2) is 22.6 Å². The molecule has 0 aliphatic heterocycles. The van der Waals surface area contributed by atoms with Crippen LogP contribution < -0.4 is 10.5 Å². The molecule has 0 heterocycles. The van der Waals surface area contributed by atoms with E-state index in [0.717, 1.165) is 30.5 Å². The number of amidine groups is 1. The van der Waals surface area contributed by atoms with Crippen molar-refractivity contribution in [2.24, 2.45) is 15.9 Å². The molecule has 0 saturated carbocycles. The molecule has 2 aromatic carbocycles. The summed E-state index contributed by atoms with van der Waals surface area (Å²) in [4.78, 5) is 0. The lowest BCUT2D eigenvalue weighted by atomic mass is 10.2. The van der Waals surface area contributed by atoms with E-state index < -0.39 is 11.6 Å². The van der Waals surface area contributed by atoms with Crippen molar-refractivity contribution in [2.75, 3.05) is 6.61 Å². The van der Waals surface area contributed by atoms with Gasteiger partial charge in [-0.25, -0.2) is 8.78 Å². The first kappa shape index (κ1) is 19.9. The molecule has 0 saturated heterocycles. The van der Waals surface area contributed by atoms with E-state index in [4.69, 9.17) is 10.5 Å². The van der Waals surface area contributed by atoms with Crippen molar-refractivity contribution in [2.45, 2.75) is 25.5 Å². The Morgan fingerprint density at radius 1 is 1.19 bits per heavy atom. The van der Waals surface area contributed by atoms with Crippen LogP contribution in [0.3, 0.4) is 0 Å². The van der Waals surface area contributed by atoms with Gasteiger partial charge in [0.05, 0.1) is 12.8 Å². The number of rotatable bonds is 8. The monoisotopic (exact) mass is 377 g/mol. The van der Waals surface area contributed by atoms with Gasteiger partial charge in [0, 0.05) is 11.3 Å². The topological polar surface area (TPSA) is 60.0 Å². The van der Waals surface area contributed by atoms with E-state index in [1.165, 1.54) is 18.0 Å². The van der Waals surface area contributed by atoms with Crippen LogP contribution in [0.1, 0.15) is 30.9 Å². The number of hydrogen-bond donors (Lipinski definition) is 1. The number of halogens is 2. The summed E-state index contributed by atoms with van der Waals surface area (Å²) >= 11 is 1.33. The summed E-state index contributed by atoms with van der Waals surface area (Å²) in [6, 6.07) is 12.1. The summed E-state index contributed by atoms with van der Waals surface area (Å²) in [5.41, 5.74) is 7.13. The van der Waals surface area contributed by atoms with E-state index in [0.29, 0.717) is 5.75 Å². The predicted molar refractivity (Wildman–Crippen MR) is 104 cm³/mol. The Kier molecular flexibility index (Phi) is 8.08. The molecule has 26 heavy (non-hydrogen) atoms. The van der Waals surface area contributed by atoms with Crippen LogP contribution in [0.4, 0.5) is 8.78 Å². The molecule has 0 spiro atoms. The van der Waals surface area contributed by atoms with Crippen LogP contribution in [-0.4, -0.2) is 18.0 Å². The summed E-state index contributed by atoms with van der Waals surface area (Å²) in [5, 5.41) is 7.88. The second-order valence-corrected chi connectivity index (χ2v) is 6.47. The van der Waals surface area contributed by atoms with E-state index in [1.54, 1.807) is 0 Å². The SMILES string of the molecule is CCCCOc1c(F)cc(C=NN=C(N)SCc2ccccc2)cc1F. The normalized spacial score (nSPS) is 11.9. The molecule has 0 bridgehead atoms. The van der Waals surface area contributed by atoms with Crippen molar-refractivity contribution >= 4 is 23.1 Å². The minimum absolute atomic E-state index is 0.243. The van der Waals surface area contributed by atoms with Crippen LogP contribution in [0.15, 0.2) is 52.7 Å². The summed E-state index contributed by atoms with van der Waals surface area (Å²) in [5.74, 6) is -1.23. The second kappa shape index (κ2) is 10.6. The highest BCUT2D eigenvalue weighted by Gasteiger charge is 2.11. The molecule has 0 amide bonds. The number of nitrogens with two attached hydrogens (primary N) is 1. The Morgan fingerprint density at radius 3 is 2.54 bits per heavy atom. The first-order chi connectivity index (χ1) is 12.6. The van der Waals surface area contributed by atoms with E-state index in [1.807, 2.05) is 37.3 Å². The zero-order valence-corrected chi connectivity index (χ0v) is 15.3. The van der Waals surface area contributed by atoms with Crippen LogP contribution in [0.5, 0.6) is 5.75 Å². The molecule has 4 nitrogen and oxygen atoms in total. The molecule has 0 aliphatic carbocycles. The molecule has 0 atom stereocenters. The van der Waals surface area contributed by atoms with Crippen molar-refractivity contribution in [3.05, 3.63) is 65.2 Å². The molecular formula is C19H21F2N3OS. The first-order valence-electron chi connectivity index (χ1n) is 8.25. The number of thioether (sulfide) groups is 1. The van der Waals surface area contributed by atoms with Gasteiger partial charge in [0.25, 0.3) is 0 Å². The van der Waals surface area contributed by atoms with Crippen LogP contribution >= 0.6 is 11.8 Å². The first-order valence-corrected chi connectivity index (χ1v) is 9.23. The van der Waals surface area contributed by atoms with Gasteiger partial charge in [0.1, 0.15) is 0 Å². The lowest BCUT2D eigenvalue weighted by molar-refractivity contribution is 0.278. The van der Waals surface area contributed by atoms with Gasteiger partial charge in [0.2, 0.25) is 0 Å². The van der Waals surface area contributed by atoms with Crippen molar-refractivity contribution < 1.29 is 13.5 Å². The Hall–Kier alpha value is -2.41. The molecule has 7 heteroatoms. The van der Waals surface area contributed by atoms with Crippen LogP contribution in [-0.2, 0) is 5.75 Å². The Bertz CT molecular complexity index is 744. The maximum absolute atomic E-state index is 13.9. The predicted octanol–water partition coefficient (Wildman–Crippen LogP) is 4.73. The summed E-state index contributed by atoms with van der Waals surface area (Å²) < 4.78 is 33.0.